The van der Waals surface area contributed by atoms with Crippen molar-refractivity contribution in [3.63, 3.8) is 0 Å². The molecule has 0 spiro atoms. The third-order valence-corrected chi connectivity index (χ3v) is 12.6. The molecule has 1 rings (SSSR count). The van der Waals surface area contributed by atoms with Crippen molar-refractivity contribution in [3.8, 4) is 0 Å². The van der Waals surface area contributed by atoms with Crippen molar-refractivity contribution < 1.29 is 33.1 Å². The number of esters is 2. The number of carbonyl (C=O) groups excluding carboxylic acids is 4. The number of nitrogens with zero attached hydrogens (tertiary/aromatic N) is 1. The standard InChI is InChI=1S/C29H50Cl3N3O7Si/c1-11-12-15-22(42-43(9,10)28(6,7)8)19(4)26(38)41-23(18(2)3)24(36)33-20(5)25(37)35-16-13-14-21(34-35)27(39)40-17-29(30,31)32/h11,18-23,34H,1,12-17H2,2-10H3,(H,33,36)/t19-,20+,21+,22-,23+/m1/s1. The second kappa shape index (κ2) is 16.8. The van der Waals surface area contributed by atoms with Crippen LogP contribution < -0.4 is 10.7 Å². The number of carbonyl (C=O) groups is 4. The Kier molecular flexibility index (Phi) is 15.5. The fourth-order valence-corrected chi connectivity index (χ4v) is 5.68. The monoisotopic (exact) mass is 685 g/mol. The molecule has 0 saturated carbocycles. The maximum absolute atomic E-state index is 13.3. The van der Waals surface area contributed by atoms with Crippen molar-refractivity contribution in [3.05, 3.63) is 12.7 Å². The van der Waals surface area contributed by atoms with Gasteiger partial charge in [0.15, 0.2) is 14.4 Å². The highest BCUT2D eigenvalue weighted by atomic mass is 35.6. The highest BCUT2D eigenvalue weighted by Crippen LogP contribution is 2.39. The second-order valence-corrected chi connectivity index (χ2v) is 20.2. The van der Waals surface area contributed by atoms with Gasteiger partial charge in [0.05, 0.1) is 12.0 Å². The van der Waals surface area contributed by atoms with Crippen LogP contribution in [0.15, 0.2) is 12.7 Å². The zero-order chi connectivity index (χ0) is 33.3. The largest absolute Gasteiger partial charge is 0.460 e. The van der Waals surface area contributed by atoms with E-state index >= 15 is 0 Å². The smallest absolute Gasteiger partial charge is 0.325 e. The summed E-state index contributed by atoms with van der Waals surface area (Å²) in [5.41, 5.74) is 2.83. The fourth-order valence-electron chi connectivity index (χ4n) is 4.08. The molecular formula is C29H50Cl3N3O7Si. The van der Waals surface area contributed by atoms with Gasteiger partial charge in [-0.25, -0.2) is 5.43 Å². The zero-order valence-electron chi connectivity index (χ0n) is 26.9. The number of ether oxygens (including phenoxy) is 2. The molecule has 1 heterocycles. The van der Waals surface area contributed by atoms with Crippen molar-refractivity contribution >= 4 is 66.9 Å². The molecule has 0 aliphatic carbocycles. The molecule has 43 heavy (non-hydrogen) atoms. The van der Waals surface area contributed by atoms with Gasteiger partial charge >= 0.3 is 11.9 Å². The van der Waals surface area contributed by atoms with Gasteiger partial charge < -0.3 is 19.2 Å². The number of halogens is 3. The lowest BCUT2D eigenvalue weighted by atomic mass is 10.00. The van der Waals surface area contributed by atoms with Gasteiger partial charge in [0.2, 0.25) is 3.79 Å². The Balaban J connectivity index is 2.90. The quantitative estimate of drug-likeness (QED) is 0.107. The van der Waals surface area contributed by atoms with Gasteiger partial charge in [-0.15, -0.1) is 6.58 Å². The van der Waals surface area contributed by atoms with E-state index in [4.69, 9.17) is 48.7 Å². The van der Waals surface area contributed by atoms with Crippen LogP contribution in [0.2, 0.25) is 18.1 Å². The summed E-state index contributed by atoms with van der Waals surface area (Å²) in [5, 5.41) is 3.86. The number of alkyl halides is 3. The lowest BCUT2D eigenvalue weighted by Crippen LogP contribution is -2.60. The maximum Gasteiger partial charge on any atom is 0.325 e. The molecule has 0 aromatic heterocycles. The normalized spacial score (nSPS) is 19.2. The molecule has 1 fully saturated rings. The summed E-state index contributed by atoms with van der Waals surface area (Å²) in [6.07, 6.45) is 2.45. The van der Waals surface area contributed by atoms with Gasteiger partial charge in [-0.05, 0) is 63.6 Å². The van der Waals surface area contributed by atoms with E-state index in [1.165, 1.54) is 11.9 Å². The molecule has 1 aliphatic rings. The summed E-state index contributed by atoms with van der Waals surface area (Å²) >= 11 is 16.9. The number of hydrogen-bond acceptors (Lipinski definition) is 8. The lowest BCUT2D eigenvalue weighted by molar-refractivity contribution is -0.165. The summed E-state index contributed by atoms with van der Waals surface area (Å²) in [7, 11) is -2.20. The first kappa shape index (κ1) is 39.7. The summed E-state index contributed by atoms with van der Waals surface area (Å²) in [6.45, 7) is 21.1. The van der Waals surface area contributed by atoms with Crippen LogP contribution in [0.3, 0.4) is 0 Å². The Morgan fingerprint density at radius 3 is 2.23 bits per heavy atom. The first-order valence-electron chi connectivity index (χ1n) is 14.7. The van der Waals surface area contributed by atoms with E-state index in [9.17, 15) is 19.2 Å². The third-order valence-electron chi connectivity index (χ3n) is 7.79. The van der Waals surface area contributed by atoms with Crippen LogP contribution >= 0.6 is 34.8 Å². The minimum Gasteiger partial charge on any atom is -0.460 e. The Morgan fingerprint density at radius 1 is 1.12 bits per heavy atom. The maximum atomic E-state index is 13.3. The number of hydrogen-bond donors (Lipinski definition) is 2. The first-order chi connectivity index (χ1) is 19.6. The number of hydrazine groups is 1. The molecule has 10 nitrogen and oxygen atoms in total. The number of allylic oxidation sites excluding steroid dienone is 1. The van der Waals surface area contributed by atoms with Gasteiger partial charge in [0.25, 0.3) is 11.8 Å². The molecule has 0 aromatic carbocycles. The minimum atomic E-state index is -2.20. The molecule has 2 amide bonds. The van der Waals surface area contributed by atoms with Crippen LogP contribution in [-0.4, -0.2) is 78.3 Å². The molecule has 14 heteroatoms. The molecule has 1 aliphatic heterocycles. The van der Waals surface area contributed by atoms with E-state index in [0.29, 0.717) is 32.2 Å². The van der Waals surface area contributed by atoms with Crippen LogP contribution in [0.25, 0.3) is 0 Å². The third kappa shape index (κ3) is 12.9. The predicted molar refractivity (Wildman–Crippen MR) is 172 cm³/mol. The van der Waals surface area contributed by atoms with Crippen molar-refractivity contribution in [2.24, 2.45) is 11.8 Å². The molecule has 1 saturated heterocycles. The highest BCUT2D eigenvalue weighted by Gasteiger charge is 2.42. The molecule has 0 aromatic rings. The number of amides is 2. The van der Waals surface area contributed by atoms with Gasteiger partial charge in [0.1, 0.15) is 18.7 Å². The molecule has 0 radical (unpaired) electrons. The molecule has 5 atom stereocenters. The van der Waals surface area contributed by atoms with Crippen LogP contribution in [-0.2, 0) is 33.1 Å². The Morgan fingerprint density at radius 2 is 1.72 bits per heavy atom. The summed E-state index contributed by atoms with van der Waals surface area (Å²) in [4.78, 5) is 52.1. The van der Waals surface area contributed by atoms with Gasteiger partial charge in [-0.3, -0.25) is 24.2 Å². The van der Waals surface area contributed by atoms with Crippen LogP contribution in [0.1, 0.15) is 74.1 Å². The van der Waals surface area contributed by atoms with Crippen molar-refractivity contribution in [2.75, 3.05) is 13.2 Å². The lowest BCUT2D eigenvalue weighted by Gasteiger charge is -2.40. The second-order valence-electron chi connectivity index (χ2n) is 12.9. The molecule has 0 bridgehead atoms. The van der Waals surface area contributed by atoms with E-state index in [1.807, 2.05) is 0 Å². The summed E-state index contributed by atoms with van der Waals surface area (Å²) in [6, 6.07) is -1.79. The van der Waals surface area contributed by atoms with Crippen LogP contribution in [0.4, 0.5) is 0 Å². The van der Waals surface area contributed by atoms with Crippen LogP contribution in [0.5, 0.6) is 0 Å². The van der Waals surface area contributed by atoms with Crippen LogP contribution in [0, 0.1) is 11.8 Å². The Hall–Kier alpha value is -1.37. The van der Waals surface area contributed by atoms with Gasteiger partial charge in [-0.1, -0.05) is 75.5 Å². The summed E-state index contributed by atoms with van der Waals surface area (Å²) in [5.74, 6) is -3.27. The molecule has 248 valence electrons. The fraction of sp³-hybridized carbons (Fsp3) is 0.793. The SMILES string of the molecule is C=CCC[C@@H](O[Si](C)(C)C(C)(C)C)[C@@H](C)C(=O)O[C@H](C(=O)N[C@@H](C)C(=O)N1CCC[C@@H](C(=O)OCC(Cl)(Cl)Cl)N1)C(C)C. The van der Waals surface area contributed by atoms with Gasteiger partial charge in [0, 0.05) is 6.54 Å². The Bertz CT molecular complexity index is 985. The van der Waals surface area contributed by atoms with Crippen molar-refractivity contribution in [2.45, 2.75) is 120 Å². The van der Waals surface area contributed by atoms with E-state index in [0.717, 1.165) is 0 Å². The highest BCUT2D eigenvalue weighted by molar-refractivity contribution is 6.74. The zero-order valence-corrected chi connectivity index (χ0v) is 30.2. The van der Waals surface area contributed by atoms with E-state index in [1.54, 1.807) is 26.8 Å². The molecular weight excluding hydrogens is 637 g/mol. The molecule has 0 unspecified atom stereocenters. The average Bonchev–Trinajstić information content (AvgIpc) is 2.90. The Labute approximate surface area is 272 Å². The minimum absolute atomic E-state index is 0.0555. The topological polar surface area (TPSA) is 123 Å². The number of nitrogens with one attached hydrogen (secondary N) is 2. The van der Waals surface area contributed by atoms with E-state index in [2.05, 4.69) is 51.2 Å². The van der Waals surface area contributed by atoms with E-state index in [-0.39, 0.29) is 11.0 Å². The van der Waals surface area contributed by atoms with Crippen molar-refractivity contribution in [1.29, 1.82) is 0 Å². The van der Waals surface area contributed by atoms with Crippen molar-refractivity contribution in [1.82, 2.24) is 15.8 Å². The first-order valence-corrected chi connectivity index (χ1v) is 18.8. The average molecular weight is 687 g/mol. The number of rotatable bonds is 14. The van der Waals surface area contributed by atoms with Gasteiger partial charge in [-0.2, -0.15) is 0 Å². The van der Waals surface area contributed by atoms with E-state index < -0.39 is 72.7 Å². The molecule has 2 N–H and O–H groups in total. The summed E-state index contributed by atoms with van der Waals surface area (Å²) < 4.78 is 15.6. The predicted octanol–water partition coefficient (Wildman–Crippen LogP) is 5.46.